The molecule has 0 unspecified atom stereocenters. The van der Waals surface area contributed by atoms with Crippen LogP contribution in [0.2, 0.25) is 0 Å². The van der Waals surface area contributed by atoms with Crippen molar-refractivity contribution < 1.29 is 9.59 Å². The van der Waals surface area contributed by atoms with Crippen molar-refractivity contribution >= 4 is 22.7 Å². The molecule has 0 fully saturated rings. The maximum absolute atomic E-state index is 12.1. The van der Waals surface area contributed by atoms with E-state index in [9.17, 15) is 9.59 Å². The van der Waals surface area contributed by atoms with Gasteiger partial charge in [-0.2, -0.15) is 0 Å². The molecule has 1 radical (unpaired) electrons. The number of H-pyrrole nitrogens is 1. The Morgan fingerprint density at radius 3 is 2.70 bits per heavy atom. The lowest BCUT2D eigenvalue weighted by Gasteiger charge is -2.16. The molecular weight excluding hydrogens is 254 g/mol. The van der Waals surface area contributed by atoms with Gasteiger partial charge in [-0.25, -0.2) is 0 Å². The van der Waals surface area contributed by atoms with Gasteiger partial charge in [0.1, 0.15) is 6.04 Å². The molecule has 0 spiro atoms. The molecular formula is C15H18N3O2. The number of rotatable bonds is 5. The third kappa shape index (κ3) is 3.17. The second kappa shape index (κ2) is 5.77. The summed E-state index contributed by atoms with van der Waals surface area (Å²) < 4.78 is 0. The van der Waals surface area contributed by atoms with Gasteiger partial charge >= 0.3 is 0 Å². The molecule has 0 aliphatic carbocycles. The minimum Gasteiger partial charge on any atom is -0.361 e. The van der Waals surface area contributed by atoms with E-state index in [-0.39, 0.29) is 11.8 Å². The SMILES string of the molecule is CC(C)C[C@H](NC(=O)c1ccc2cc[nH]c2c1)C([NH])=O. The first-order chi connectivity index (χ1) is 9.47. The first-order valence-electron chi connectivity index (χ1n) is 6.61. The number of carbonyl (C=O) groups excluding carboxylic acids is 2. The fraction of sp³-hybridized carbons (Fsp3) is 0.333. The van der Waals surface area contributed by atoms with E-state index >= 15 is 0 Å². The summed E-state index contributed by atoms with van der Waals surface area (Å²) in [5.74, 6) is -0.846. The van der Waals surface area contributed by atoms with E-state index in [2.05, 4.69) is 10.3 Å². The van der Waals surface area contributed by atoms with Gasteiger partial charge in [-0.15, -0.1) is 0 Å². The maximum Gasteiger partial charge on any atom is 0.260 e. The van der Waals surface area contributed by atoms with Crippen LogP contribution in [0.15, 0.2) is 30.5 Å². The lowest BCUT2D eigenvalue weighted by Crippen LogP contribution is -2.42. The van der Waals surface area contributed by atoms with E-state index in [4.69, 9.17) is 5.73 Å². The van der Waals surface area contributed by atoms with Crippen molar-refractivity contribution in [1.82, 2.24) is 16.0 Å². The molecule has 2 rings (SSSR count). The van der Waals surface area contributed by atoms with E-state index in [0.717, 1.165) is 10.9 Å². The van der Waals surface area contributed by atoms with Crippen molar-refractivity contribution in [2.45, 2.75) is 26.3 Å². The molecule has 1 aromatic heterocycles. The Kier molecular flexibility index (Phi) is 4.08. The molecule has 0 bridgehead atoms. The fourth-order valence-corrected chi connectivity index (χ4v) is 2.13. The number of hydrogen-bond donors (Lipinski definition) is 2. The van der Waals surface area contributed by atoms with Crippen LogP contribution in [0.3, 0.4) is 0 Å². The van der Waals surface area contributed by atoms with Gasteiger partial charge in [-0.3, -0.25) is 15.3 Å². The third-order valence-corrected chi connectivity index (χ3v) is 3.15. The summed E-state index contributed by atoms with van der Waals surface area (Å²) in [4.78, 5) is 26.4. The molecule has 1 aromatic carbocycles. The maximum atomic E-state index is 12.1. The summed E-state index contributed by atoms with van der Waals surface area (Å²) in [6.07, 6.45) is 2.28. The Morgan fingerprint density at radius 1 is 1.30 bits per heavy atom. The van der Waals surface area contributed by atoms with Crippen LogP contribution in [-0.4, -0.2) is 22.8 Å². The minimum atomic E-state index is -0.756. The molecule has 5 nitrogen and oxygen atoms in total. The highest BCUT2D eigenvalue weighted by molar-refractivity contribution is 5.99. The Labute approximate surface area is 117 Å². The standard InChI is InChI=1S/C15H18N3O2/c1-9(2)7-13(14(16)19)18-15(20)11-4-3-10-5-6-17-12(10)8-11/h3-6,8-9,13,16-17H,7H2,1-2H3,(H,18,20)/t13-/m0/s1. The predicted molar refractivity (Wildman–Crippen MR) is 77.1 cm³/mol. The van der Waals surface area contributed by atoms with Crippen LogP contribution >= 0.6 is 0 Å². The van der Waals surface area contributed by atoms with E-state index in [0.29, 0.717) is 12.0 Å². The molecule has 20 heavy (non-hydrogen) atoms. The lowest BCUT2D eigenvalue weighted by atomic mass is 10.0. The van der Waals surface area contributed by atoms with E-state index in [1.54, 1.807) is 18.3 Å². The third-order valence-electron chi connectivity index (χ3n) is 3.15. The molecule has 1 heterocycles. The lowest BCUT2D eigenvalue weighted by molar-refractivity contribution is -0.120. The normalized spacial score (nSPS) is 12.6. The van der Waals surface area contributed by atoms with E-state index in [1.165, 1.54) is 0 Å². The second-order valence-corrected chi connectivity index (χ2v) is 5.30. The number of fused-ring (bicyclic) bond motifs is 1. The molecule has 3 N–H and O–H groups in total. The van der Waals surface area contributed by atoms with Crippen LogP contribution in [0.25, 0.3) is 10.9 Å². The topological polar surface area (TPSA) is 85.8 Å². The van der Waals surface area contributed by atoms with Crippen LogP contribution in [0.5, 0.6) is 0 Å². The van der Waals surface area contributed by atoms with Crippen molar-refractivity contribution in [2.24, 2.45) is 5.92 Å². The van der Waals surface area contributed by atoms with Crippen molar-refractivity contribution in [3.05, 3.63) is 36.0 Å². The summed E-state index contributed by atoms with van der Waals surface area (Å²) >= 11 is 0. The monoisotopic (exact) mass is 272 g/mol. The minimum absolute atomic E-state index is 0.237. The number of benzene rings is 1. The number of aromatic nitrogens is 1. The summed E-state index contributed by atoms with van der Waals surface area (Å²) in [7, 11) is 0. The number of nitrogens with one attached hydrogen (secondary N) is 3. The van der Waals surface area contributed by atoms with Crippen molar-refractivity contribution in [3.8, 4) is 0 Å². The molecule has 0 aliphatic heterocycles. The van der Waals surface area contributed by atoms with Gasteiger partial charge < -0.3 is 10.3 Å². The molecule has 2 aromatic rings. The quantitative estimate of drug-likeness (QED) is 0.873. The fourth-order valence-electron chi connectivity index (χ4n) is 2.13. The van der Waals surface area contributed by atoms with Gasteiger partial charge in [-0.1, -0.05) is 19.9 Å². The van der Waals surface area contributed by atoms with Gasteiger partial charge in [0.2, 0.25) is 0 Å². The molecule has 0 aliphatic rings. The zero-order chi connectivity index (χ0) is 14.7. The van der Waals surface area contributed by atoms with E-state index < -0.39 is 11.9 Å². The average Bonchev–Trinajstić information content (AvgIpc) is 2.84. The first kappa shape index (κ1) is 14.1. The molecule has 5 heteroatoms. The Hall–Kier alpha value is -2.30. The van der Waals surface area contributed by atoms with Crippen LogP contribution in [0.4, 0.5) is 0 Å². The Bertz CT molecular complexity index is 631. The summed E-state index contributed by atoms with van der Waals surface area (Å²) in [5.41, 5.74) is 8.58. The zero-order valence-corrected chi connectivity index (χ0v) is 11.6. The van der Waals surface area contributed by atoms with Crippen molar-refractivity contribution in [1.29, 1.82) is 0 Å². The predicted octanol–water partition coefficient (Wildman–Crippen LogP) is 2.12. The number of amides is 2. The zero-order valence-electron chi connectivity index (χ0n) is 11.6. The summed E-state index contributed by atoms with van der Waals surface area (Å²) in [6.45, 7) is 3.90. The van der Waals surface area contributed by atoms with E-state index in [1.807, 2.05) is 26.0 Å². The number of aromatic amines is 1. The number of hydrogen-bond acceptors (Lipinski definition) is 2. The summed E-state index contributed by atoms with van der Waals surface area (Å²) in [5, 5.41) is 3.66. The van der Waals surface area contributed by atoms with Crippen LogP contribution in [0, 0.1) is 5.92 Å². The average molecular weight is 272 g/mol. The molecule has 0 saturated carbocycles. The summed E-state index contributed by atoms with van der Waals surface area (Å²) in [6, 6.07) is 6.48. The smallest absolute Gasteiger partial charge is 0.260 e. The Morgan fingerprint density at radius 2 is 2.05 bits per heavy atom. The largest absolute Gasteiger partial charge is 0.361 e. The highest BCUT2D eigenvalue weighted by Crippen LogP contribution is 2.14. The van der Waals surface area contributed by atoms with Crippen molar-refractivity contribution in [2.75, 3.05) is 0 Å². The highest BCUT2D eigenvalue weighted by atomic mass is 16.2. The second-order valence-electron chi connectivity index (χ2n) is 5.30. The van der Waals surface area contributed by atoms with Gasteiger partial charge in [0.25, 0.3) is 11.8 Å². The molecule has 2 amide bonds. The van der Waals surface area contributed by atoms with Crippen molar-refractivity contribution in [3.63, 3.8) is 0 Å². The molecule has 1 atom stereocenters. The van der Waals surface area contributed by atoms with Crippen LogP contribution < -0.4 is 11.1 Å². The van der Waals surface area contributed by atoms with Gasteiger partial charge in [0, 0.05) is 17.3 Å². The van der Waals surface area contributed by atoms with Gasteiger partial charge in [0.05, 0.1) is 0 Å². The molecule has 105 valence electrons. The Balaban J connectivity index is 2.15. The van der Waals surface area contributed by atoms with Crippen LogP contribution in [-0.2, 0) is 4.79 Å². The van der Waals surface area contributed by atoms with Gasteiger partial charge in [-0.05, 0) is 35.9 Å². The first-order valence-corrected chi connectivity index (χ1v) is 6.61. The highest BCUT2D eigenvalue weighted by Gasteiger charge is 2.20. The van der Waals surface area contributed by atoms with Crippen LogP contribution in [0.1, 0.15) is 30.6 Å². The van der Waals surface area contributed by atoms with Gasteiger partial charge in [0.15, 0.2) is 0 Å². The number of carbonyl (C=O) groups is 2. The molecule has 0 saturated heterocycles.